The molecular weight excluding hydrogens is 301 g/mol. The van der Waals surface area contributed by atoms with Gasteiger partial charge in [0.1, 0.15) is 11.6 Å². The molecule has 1 atom stereocenters. The Labute approximate surface area is 107 Å². The molecule has 0 saturated carbocycles. The minimum atomic E-state index is -0.511. The van der Waals surface area contributed by atoms with Crippen molar-refractivity contribution in [2.45, 2.75) is 6.04 Å². The Morgan fingerprint density at radius 2 is 1.81 bits per heavy atom. The third-order valence-corrected chi connectivity index (χ3v) is 2.89. The van der Waals surface area contributed by atoms with Crippen LogP contribution in [-0.4, -0.2) is 19.6 Å². The summed E-state index contributed by atoms with van der Waals surface area (Å²) in [5.41, 5.74) is 0.116. The standard InChI is InChI=1S/C10H11BrF2N2.ClH/c11-6-3-7(12)10(8(13)4-6)9-5-14-1-2-15-9;/h3-4,9,14-15H,1-2,5H2;1H/t9-;/m0./s1. The molecule has 0 unspecified atom stereocenters. The Kier molecular flexibility index (Phi) is 5.11. The predicted octanol–water partition coefficient (Wildman–Crippen LogP) is 2.38. The van der Waals surface area contributed by atoms with Crippen molar-refractivity contribution < 1.29 is 8.78 Å². The van der Waals surface area contributed by atoms with Crippen LogP contribution in [0.5, 0.6) is 0 Å². The van der Waals surface area contributed by atoms with Gasteiger partial charge in [0.15, 0.2) is 0 Å². The molecule has 1 fully saturated rings. The van der Waals surface area contributed by atoms with Gasteiger partial charge in [0.05, 0.1) is 6.04 Å². The van der Waals surface area contributed by atoms with Gasteiger partial charge >= 0.3 is 0 Å². The molecule has 1 aliphatic rings. The Hall–Kier alpha value is -0.230. The van der Waals surface area contributed by atoms with Crippen molar-refractivity contribution in [3.05, 3.63) is 33.8 Å². The molecule has 0 amide bonds. The van der Waals surface area contributed by atoms with Crippen molar-refractivity contribution >= 4 is 28.3 Å². The molecule has 1 aliphatic heterocycles. The zero-order chi connectivity index (χ0) is 10.8. The fourth-order valence-corrected chi connectivity index (χ4v) is 2.15. The van der Waals surface area contributed by atoms with Crippen LogP contribution in [0.2, 0.25) is 0 Å². The van der Waals surface area contributed by atoms with Crippen molar-refractivity contribution in [3.63, 3.8) is 0 Å². The first kappa shape index (κ1) is 13.8. The van der Waals surface area contributed by atoms with E-state index in [1.165, 1.54) is 12.1 Å². The highest BCUT2D eigenvalue weighted by Gasteiger charge is 2.22. The number of piperazine rings is 1. The molecule has 1 aromatic rings. The first-order chi connectivity index (χ1) is 7.18. The lowest BCUT2D eigenvalue weighted by atomic mass is 10.0. The fourth-order valence-electron chi connectivity index (χ4n) is 1.74. The maximum atomic E-state index is 13.6. The molecule has 1 heterocycles. The normalized spacial score (nSPS) is 20.3. The first-order valence-electron chi connectivity index (χ1n) is 4.77. The largest absolute Gasteiger partial charge is 0.314 e. The van der Waals surface area contributed by atoms with Crippen molar-refractivity contribution in [1.82, 2.24) is 10.6 Å². The zero-order valence-corrected chi connectivity index (χ0v) is 10.8. The van der Waals surface area contributed by atoms with Crippen molar-refractivity contribution in [1.29, 1.82) is 0 Å². The lowest BCUT2D eigenvalue weighted by Gasteiger charge is -2.25. The number of rotatable bonds is 1. The molecule has 16 heavy (non-hydrogen) atoms. The Morgan fingerprint density at radius 1 is 1.19 bits per heavy atom. The predicted molar refractivity (Wildman–Crippen MR) is 64.9 cm³/mol. The van der Waals surface area contributed by atoms with Crippen LogP contribution >= 0.6 is 28.3 Å². The highest BCUT2D eigenvalue weighted by molar-refractivity contribution is 9.10. The van der Waals surface area contributed by atoms with E-state index < -0.39 is 11.6 Å². The Morgan fingerprint density at radius 3 is 2.31 bits per heavy atom. The Bertz CT molecular complexity index is 347. The highest BCUT2D eigenvalue weighted by Crippen LogP contribution is 2.25. The molecule has 2 N–H and O–H groups in total. The summed E-state index contributed by atoms with van der Waals surface area (Å²) in [6.45, 7) is 2.10. The molecule has 6 heteroatoms. The average Bonchev–Trinajstić information content (AvgIpc) is 2.17. The first-order valence-corrected chi connectivity index (χ1v) is 5.56. The van der Waals surface area contributed by atoms with Crippen LogP contribution in [0, 0.1) is 11.6 Å². The smallest absolute Gasteiger partial charge is 0.132 e. The molecule has 2 rings (SSSR count). The molecule has 90 valence electrons. The summed E-state index contributed by atoms with van der Waals surface area (Å²) in [6, 6.07) is 2.29. The topological polar surface area (TPSA) is 24.1 Å². The average molecular weight is 314 g/mol. The molecule has 0 spiro atoms. The summed E-state index contributed by atoms with van der Waals surface area (Å²) >= 11 is 3.06. The second-order valence-corrected chi connectivity index (χ2v) is 4.41. The number of halogens is 4. The number of nitrogens with one attached hydrogen (secondary N) is 2. The lowest BCUT2D eigenvalue weighted by Crippen LogP contribution is -2.43. The van der Waals surface area contributed by atoms with Gasteiger partial charge in [-0.1, -0.05) is 15.9 Å². The van der Waals surface area contributed by atoms with Crippen LogP contribution < -0.4 is 10.6 Å². The molecule has 1 saturated heterocycles. The second-order valence-electron chi connectivity index (χ2n) is 3.49. The van der Waals surface area contributed by atoms with E-state index in [2.05, 4.69) is 26.6 Å². The molecular formula is C10H12BrClF2N2. The van der Waals surface area contributed by atoms with Crippen LogP contribution in [0.3, 0.4) is 0 Å². The molecule has 0 aromatic heterocycles. The minimum Gasteiger partial charge on any atom is -0.314 e. The summed E-state index contributed by atoms with van der Waals surface area (Å²) in [5.74, 6) is -1.02. The third-order valence-electron chi connectivity index (χ3n) is 2.43. The Balaban J connectivity index is 0.00000128. The quantitative estimate of drug-likeness (QED) is 0.832. The van der Waals surface area contributed by atoms with Gasteiger partial charge in [0.2, 0.25) is 0 Å². The monoisotopic (exact) mass is 312 g/mol. The van der Waals surface area contributed by atoms with Gasteiger partial charge in [-0.15, -0.1) is 12.4 Å². The van der Waals surface area contributed by atoms with Gasteiger partial charge in [-0.05, 0) is 12.1 Å². The zero-order valence-electron chi connectivity index (χ0n) is 8.40. The van der Waals surface area contributed by atoms with E-state index in [-0.39, 0.29) is 24.0 Å². The second kappa shape index (κ2) is 5.91. The molecule has 0 bridgehead atoms. The van der Waals surface area contributed by atoms with E-state index in [4.69, 9.17) is 0 Å². The number of benzene rings is 1. The third kappa shape index (κ3) is 2.91. The summed E-state index contributed by atoms with van der Waals surface area (Å²) in [4.78, 5) is 0. The highest BCUT2D eigenvalue weighted by atomic mass is 79.9. The maximum absolute atomic E-state index is 13.6. The van der Waals surface area contributed by atoms with Crippen LogP contribution in [0.4, 0.5) is 8.78 Å². The maximum Gasteiger partial charge on any atom is 0.132 e. The van der Waals surface area contributed by atoms with Crippen LogP contribution in [0.15, 0.2) is 16.6 Å². The summed E-state index contributed by atoms with van der Waals surface area (Å²) in [7, 11) is 0. The van der Waals surface area contributed by atoms with E-state index in [0.29, 0.717) is 11.0 Å². The number of hydrogen-bond donors (Lipinski definition) is 2. The fraction of sp³-hybridized carbons (Fsp3) is 0.400. The van der Waals surface area contributed by atoms with E-state index in [1.807, 2.05) is 0 Å². The molecule has 0 radical (unpaired) electrons. The molecule has 2 nitrogen and oxygen atoms in total. The van der Waals surface area contributed by atoms with Crippen molar-refractivity contribution in [3.8, 4) is 0 Å². The van der Waals surface area contributed by atoms with Crippen LogP contribution in [0.1, 0.15) is 11.6 Å². The number of hydrogen-bond acceptors (Lipinski definition) is 2. The van der Waals surface area contributed by atoms with E-state index in [0.717, 1.165) is 13.1 Å². The van der Waals surface area contributed by atoms with Crippen LogP contribution in [-0.2, 0) is 0 Å². The van der Waals surface area contributed by atoms with Gasteiger partial charge in [-0.2, -0.15) is 0 Å². The molecule has 1 aromatic carbocycles. The summed E-state index contributed by atoms with van der Waals surface area (Å²) < 4.78 is 27.5. The van der Waals surface area contributed by atoms with Gasteiger partial charge in [0, 0.05) is 29.7 Å². The van der Waals surface area contributed by atoms with Crippen LogP contribution in [0.25, 0.3) is 0 Å². The van der Waals surface area contributed by atoms with Gasteiger partial charge in [0.25, 0.3) is 0 Å². The van der Waals surface area contributed by atoms with E-state index in [1.54, 1.807) is 0 Å². The molecule has 0 aliphatic carbocycles. The van der Waals surface area contributed by atoms with Gasteiger partial charge < -0.3 is 10.6 Å². The summed E-state index contributed by atoms with van der Waals surface area (Å²) in [5, 5.41) is 6.17. The summed E-state index contributed by atoms with van der Waals surface area (Å²) in [6.07, 6.45) is 0. The lowest BCUT2D eigenvalue weighted by molar-refractivity contribution is 0.400. The minimum absolute atomic E-state index is 0. The van der Waals surface area contributed by atoms with E-state index >= 15 is 0 Å². The van der Waals surface area contributed by atoms with Gasteiger partial charge in [-0.25, -0.2) is 8.78 Å². The SMILES string of the molecule is Cl.Fc1cc(Br)cc(F)c1[C@@H]1CNCCN1. The van der Waals surface area contributed by atoms with Crippen molar-refractivity contribution in [2.75, 3.05) is 19.6 Å². The van der Waals surface area contributed by atoms with E-state index in [9.17, 15) is 8.78 Å². The van der Waals surface area contributed by atoms with Gasteiger partial charge in [-0.3, -0.25) is 0 Å². The van der Waals surface area contributed by atoms with Crippen molar-refractivity contribution in [2.24, 2.45) is 0 Å².